The van der Waals surface area contributed by atoms with E-state index in [0.29, 0.717) is 10.4 Å². The second-order valence-electron chi connectivity index (χ2n) is 5.54. The number of hydrogen-bond donors (Lipinski definition) is 1. The number of thiophene rings is 1. The number of rotatable bonds is 8. The number of carbonyl (C=O) groups is 2. The Labute approximate surface area is 156 Å². The molecule has 1 aromatic carbocycles. The van der Waals surface area contributed by atoms with Crippen LogP contribution in [-0.4, -0.2) is 32.8 Å². The zero-order valence-electron chi connectivity index (χ0n) is 14.3. The third-order valence-electron chi connectivity index (χ3n) is 3.29. The molecule has 2 aromatic rings. The zero-order chi connectivity index (χ0) is 19.2. The van der Waals surface area contributed by atoms with Crippen LogP contribution in [0.1, 0.15) is 27.0 Å². The lowest BCUT2D eigenvalue weighted by Crippen LogP contribution is -2.39. The zero-order valence-corrected chi connectivity index (χ0v) is 16.0. The number of aryl methyl sites for hydroxylation is 1. The van der Waals surface area contributed by atoms with Crippen molar-refractivity contribution in [1.29, 1.82) is 0 Å². The number of esters is 1. The molecule has 0 spiro atoms. The van der Waals surface area contributed by atoms with E-state index in [2.05, 4.69) is 4.72 Å². The molecule has 0 saturated heterocycles. The molecule has 0 aliphatic heterocycles. The number of nitrogens with one attached hydrogen (secondary N) is 1. The van der Waals surface area contributed by atoms with Gasteiger partial charge in [0.05, 0.1) is 4.88 Å². The van der Waals surface area contributed by atoms with Gasteiger partial charge in [-0.15, -0.1) is 11.3 Å². The number of carbonyl (C=O) groups excluding carboxylic acids is 2. The van der Waals surface area contributed by atoms with Crippen LogP contribution < -0.4 is 4.72 Å². The van der Waals surface area contributed by atoms with Gasteiger partial charge in [0.2, 0.25) is 15.8 Å². The summed E-state index contributed by atoms with van der Waals surface area (Å²) in [4.78, 5) is 25.3. The van der Waals surface area contributed by atoms with Crippen molar-refractivity contribution in [1.82, 2.24) is 4.72 Å². The summed E-state index contributed by atoms with van der Waals surface area (Å²) >= 11 is 1.31. The van der Waals surface area contributed by atoms with Crippen LogP contribution in [0.5, 0.6) is 0 Å². The minimum atomic E-state index is -3.83. The molecular formula is C18H19NO5S2. The van der Waals surface area contributed by atoms with Crippen LogP contribution in [0, 0.1) is 6.92 Å². The van der Waals surface area contributed by atoms with Crippen molar-refractivity contribution in [2.75, 3.05) is 6.61 Å². The summed E-state index contributed by atoms with van der Waals surface area (Å²) in [6, 6.07) is 11.2. The maximum atomic E-state index is 12.0. The molecule has 0 unspecified atom stereocenters. The molecule has 6 nitrogen and oxygen atoms in total. The van der Waals surface area contributed by atoms with Crippen LogP contribution in [0.2, 0.25) is 0 Å². The second-order valence-corrected chi connectivity index (χ2v) is 8.42. The van der Waals surface area contributed by atoms with Crippen LogP contribution in [-0.2, 0) is 19.6 Å². The summed E-state index contributed by atoms with van der Waals surface area (Å²) in [5, 5.41) is 0.978. The molecule has 0 aliphatic rings. The van der Waals surface area contributed by atoms with Crippen molar-refractivity contribution in [2.24, 2.45) is 0 Å². The highest BCUT2D eigenvalue weighted by molar-refractivity contribution is 7.92. The summed E-state index contributed by atoms with van der Waals surface area (Å²) in [5.41, 5.74) is 0.713. The Morgan fingerprint density at radius 1 is 1.19 bits per heavy atom. The van der Waals surface area contributed by atoms with E-state index < -0.39 is 28.6 Å². The molecule has 0 bridgehead atoms. The van der Waals surface area contributed by atoms with Crippen molar-refractivity contribution < 1.29 is 22.7 Å². The molecule has 2 rings (SSSR count). The third kappa shape index (κ3) is 6.21. The molecule has 0 aliphatic carbocycles. The molecule has 0 saturated carbocycles. The van der Waals surface area contributed by atoms with E-state index in [1.54, 1.807) is 36.4 Å². The standard InChI is InChI=1S/C18H19NO5S2/c1-13-8-9-17(25-13)16(20)12-24-18(21)14(2)19-26(22,23)11-10-15-6-4-3-5-7-15/h3-11,14,19H,12H2,1-2H3/b11-10+/t14-/m0/s1. The number of ketones is 1. The van der Waals surface area contributed by atoms with Gasteiger partial charge in [-0.2, -0.15) is 4.72 Å². The minimum Gasteiger partial charge on any atom is -0.456 e. The molecular weight excluding hydrogens is 374 g/mol. The van der Waals surface area contributed by atoms with Gasteiger partial charge < -0.3 is 4.74 Å². The van der Waals surface area contributed by atoms with Crippen LogP contribution >= 0.6 is 11.3 Å². The van der Waals surface area contributed by atoms with Gasteiger partial charge in [0, 0.05) is 10.3 Å². The van der Waals surface area contributed by atoms with Gasteiger partial charge in [0.1, 0.15) is 6.04 Å². The normalized spacial score (nSPS) is 12.8. The van der Waals surface area contributed by atoms with Gasteiger partial charge in [0.15, 0.2) is 6.61 Å². The summed E-state index contributed by atoms with van der Waals surface area (Å²) in [6.45, 7) is 2.80. The van der Waals surface area contributed by atoms with Crippen molar-refractivity contribution >= 4 is 39.2 Å². The molecule has 0 radical (unpaired) electrons. The van der Waals surface area contributed by atoms with Crippen molar-refractivity contribution in [3.63, 3.8) is 0 Å². The minimum absolute atomic E-state index is 0.324. The number of ether oxygens (including phenoxy) is 1. The average Bonchev–Trinajstić information content (AvgIpc) is 3.04. The predicted octanol–water partition coefficient (Wildman–Crippen LogP) is 2.76. The van der Waals surface area contributed by atoms with Crippen LogP contribution in [0.3, 0.4) is 0 Å². The van der Waals surface area contributed by atoms with Gasteiger partial charge in [0.25, 0.3) is 0 Å². The lowest BCUT2D eigenvalue weighted by Gasteiger charge is -2.11. The highest BCUT2D eigenvalue weighted by Gasteiger charge is 2.21. The van der Waals surface area contributed by atoms with E-state index in [9.17, 15) is 18.0 Å². The van der Waals surface area contributed by atoms with E-state index in [0.717, 1.165) is 10.3 Å². The third-order valence-corrected chi connectivity index (χ3v) is 5.51. The first-order chi connectivity index (χ1) is 12.3. The van der Waals surface area contributed by atoms with E-state index in [1.165, 1.54) is 24.3 Å². The van der Waals surface area contributed by atoms with Crippen LogP contribution in [0.25, 0.3) is 6.08 Å². The Kier molecular flexibility index (Phi) is 6.84. The Bertz CT molecular complexity index is 901. The fourth-order valence-corrected chi connectivity index (χ4v) is 3.78. The first-order valence-corrected chi connectivity index (χ1v) is 10.1. The fourth-order valence-electron chi connectivity index (χ4n) is 1.98. The molecule has 138 valence electrons. The molecule has 1 heterocycles. The van der Waals surface area contributed by atoms with Crippen LogP contribution in [0.15, 0.2) is 47.9 Å². The SMILES string of the molecule is Cc1ccc(C(=O)COC(=O)[C@H](C)NS(=O)(=O)/C=C/c2ccccc2)s1. The maximum absolute atomic E-state index is 12.0. The first-order valence-electron chi connectivity index (χ1n) is 7.78. The van der Waals surface area contributed by atoms with Crippen LogP contribution in [0.4, 0.5) is 0 Å². The summed E-state index contributed by atoms with van der Waals surface area (Å²) in [7, 11) is -3.83. The molecule has 26 heavy (non-hydrogen) atoms. The van der Waals surface area contributed by atoms with E-state index in [4.69, 9.17) is 4.74 Å². The Hall–Kier alpha value is -2.29. The molecule has 1 aromatic heterocycles. The summed E-state index contributed by atoms with van der Waals surface area (Å²) in [5.74, 6) is -1.14. The lowest BCUT2D eigenvalue weighted by atomic mass is 10.2. The van der Waals surface area contributed by atoms with Gasteiger partial charge in [-0.05, 0) is 37.6 Å². The fraction of sp³-hybridized carbons (Fsp3) is 0.222. The van der Waals surface area contributed by atoms with E-state index in [1.807, 2.05) is 13.0 Å². The first kappa shape index (κ1) is 20.0. The molecule has 1 atom stereocenters. The second kappa shape index (κ2) is 8.88. The van der Waals surface area contributed by atoms with Crippen molar-refractivity contribution in [2.45, 2.75) is 19.9 Å². The summed E-state index contributed by atoms with van der Waals surface area (Å²) in [6.07, 6.45) is 1.42. The maximum Gasteiger partial charge on any atom is 0.324 e. The molecule has 0 fully saturated rings. The average molecular weight is 393 g/mol. The van der Waals surface area contributed by atoms with Gasteiger partial charge in [-0.25, -0.2) is 8.42 Å². The van der Waals surface area contributed by atoms with E-state index >= 15 is 0 Å². The van der Waals surface area contributed by atoms with Gasteiger partial charge >= 0.3 is 5.97 Å². The molecule has 0 amide bonds. The highest BCUT2D eigenvalue weighted by atomic mass is 32.2. The van der Waals surface area contributed by atoms with Gasteiger partial charge in [-0.3, -0.25) is 9.59 Å². The number of Topliss-reactive ketones (excluding diaryl/α,β-unsaturated/α-hetero) is 1. The number of hydrogen-bond acceptors (Lipinski definition) is 6. The van der Waals surface area contributed by atoms with Gasteiger partial charge in [-0.1, -0.05) is 30.3 Å². The Morgan fingerprint density at radius 2 is 1.88 bits per heavy atom. The molecule has 8 heteroatoms. The number of benzene rings is 1. The topological polar surface area (TPSA) is 89.5 Å². The molecule has 1 N–H and O–H groups in total. The summed E-state index contributed by atoms with van der Waals surface area (Å²) < 4.78 is 31.1. The van der Waals surface area contributed by atoms with Crippen molar-refractivity contribution in [3.05, 3.63) is 63.2 Å². The Morgan fingerprint density at radius 3 is 2.50 bits per heavy atom. The smallest absolute Gasteiger partial charge is 0.324 e. The predicted molar refractivity (Wildman–Crippen MR) is 101 cm³/mol. The van der Waals surface area contributed by atoms with E-state index in [-0.39, 0.29) is 5.78 Å². The number of sulfonamides is 1. The largest absolute Gasteiger partial charge is 0.456 e. The quantitative estimate of drug-likeness (QED) is 0.550. The monoisotopic (exact) mass is 393 g/mol. The highest BCUT2D eigenvalue weighted by Crippen LogP contribution is 2.15. The lowest BCUT2D eigenvalue weighted by molar-refractivity contribution is -0.144. The van der Waals surface area contributed by atoms with Crippen molar-refractivity contribution in [3.8, 4) is 0 Å². The Balaban J connectivity index is 1.87.